The molecule has 2 N–H and O–H groups in total. The van der Waals surface area contributed by atoms with E-state index in [0.717, 1.165) is 24.3 Å². The molecule has 0 fully saturated rings. The molecule has 0 aromatic heterocycles. The van der Waals surface area contributed by atoms with Crippen molar-refractivity contribution in [3.05, 3.63) is 12.2 Å². The molecule has 198 valence electrons. The van der Waals surface area contributed by atoms with Crippen LogP contribution >= 0.6 is 11.8 Å². The van der Waals surface area contributed by atoms with Gasteiger partial charge in [-0.1, -0.05) is 20.3 Å². The molecule has 35 heavy (non-hydrogen) atoms. The number of unbranched alkanes of at least 4 members (excludes halogenated alkanes) is 2. The van der Waals surface area contributed by atoms with E-state index in [1.807, 2.05) is 0 Å². The van der Waals surface area contributed by atoms with E-state index in [2.05, 4.69) is 10.6 Å². The highest BCUT2D eigenvalue weighted by atomic mass is 32.2. The molecule has 0 saturated carbocycles. The number of hydrogen-bond donors (Lipinski definition) is 2. The lowest BCUT2D eigenvalue weighted by Gasteiger charge is -2.13. The number of ether oxygens (including phenoxy) is 2. The molecule has 0 unspecified atom stereocenters. The van der Waals surface area contributed by atoms with Crippen LogP contribution in [0.5, 0.6) is 0 Å². The van der Waals surface area contributed by atoms with Gasteiger partial charge in [0.25, 0.3) is 11.8 Å². The predicted octanol–water partition coefficient (Wildman–Crippen LogP) is 1.43. The Morgan fingerprint density at radius 2 is 1.54 bits per heavy atom. The van der Waals surface area contributed by atoms with Crippen LogP contribution in [0.15, 0.2) is 12.2 Å². The molecular formula is C24H39N3O7S. The van der Waals surface area contributed by atoms with E-state index < -0.39 is 0 Å². The maximum atomic E-state index is 11.8. The van der Waals surface area contributed by atoms with Gasteiger partial charge in [-0.05, 0) is 25.0 Å². The molecule has 0 spiro atoms. The minimum Gasteiger partial charge on any atom is -0.465 e. The van der Waals surface area contributed by atoms with Crippen LogP contribution in [0.2, 0.25) is 0 Å². The maximum Gasteiger partial charge on any atom is 0.308 e. The lowest BCUT2D eigenvalue weighted by molar-refractivity contribution is -0.147. The van der Waals surface area contributed by atoms with Crippen LogP contribution in [-0.4, -0.2) is 85.5 Å². The molecule has 0 atom stereocenters. The summed E-state index contributed by atoms with van der Waals surface area (Å²) in [7, 11) is 0. The number of hydrogen-bond acceptors (Lipinski definition) is 8. The summed E-state index contributed by atoms with van der Waals surface area (Å²) in [6.45, 7) is 6.00. The van der Waals surface area contributed by atoms with E-state index in [1.165, 1.54) is 17.1 Å². The van der Waals surface area contributed by atoms with E-state index in [4.69, 9.17) is 9.47 Å². The number of thioether (sulfide) groups is 1. The molecule has 0 aliphatic carbocycles. The second-order valence-corrected chi connectivity index (χ2v) is 9.55. The van der Waals surface area contributed by atoms with Gasteiger partial charge in [0.05, 0.1) is 25.7 Å². The number of esters is 1. The van der Waals surface area contributed by atoms with Crippen LogP contribution in [0.4, 0.5) is 0 Å². The number of amides is 4. The van der Waals surface area contributed by atoms with Crippen LogP contribution in [0.25, 0.3) is 0 Å². The maximum absolute atomic E-state index is 11.8. The van der Waals surface area contributed by atoms with Crippen LogP contribution < -0.4 is 10.6 Å². The Morgan fingerprint density at radius 1 is 0.857 bits per heavy atom. The van der Waals surface area contributed by atoms with Gasteiger partial charge in [-0.2, -0.15) is 11.8 Å². The normalized spacial score (nSPS) is 12.9. The van der Waals surface area contributed by atoms with Gasteiger partial charge >= 0.3 is 5.97 Å². The van der Waals surface area contributed by atoms with E-state index in [1.54, 1.807) is 25.6 Å². The topological polar surface area (TPSA) is 131 Å². The van der Waals surface area contributed by atoms with Gasteiger partial charge in [-0.15, -0.1) is 0 Å². The SMILES string of the molecule is CC(C)C(=O)OCCCSCCNC(=O)CCOCCNC(=O)CCCCCN1C(=O)C=CC1=O. The third-order valence-corrected chi connectivity index (χ3v) is 6.02. The fourth-order valence-corrected chi connectivity index (χ4v) is 3.73. The molecule has 0 bridgehead atoms. The molecule has 10 nitrogen and oxygen atoms in total. The molecule has 0 aromatic carbocycles. The number of rotatable bonds is 20. The molecule has 1 rings (SSSR count). The summed E-state index contributed by atoms with van der Waals surface area (Å²) in [6, 6.07) is 0. The van der Waals surface area contributed by atoms with Crippen molar-refractivity contribution in [3.63, 3.8) is 0 Å². The highest BCUT2D eigenvalue weighted by Gasteiger charge is 2.22. The zero-order valence-corrected chi connectivity index (χ0v) is 21.7. The first-order valence-electron chi connectivity index (χ1n) is 12.2. The first-order valence-corrected chi connectivity index (χ1v) is 13.4. The molecule has 1 aliphatic heterocycles. The Morgan fingerprint density at radius 3 is 2.26 bits per heavy atom. The summed E-state index contributed by atoms with van der Waals surface area (Å²) >= 11 is 1.70. The molecule has 11 heteroatoms. The summed E-state index contributed by atoms with van der Waals surface area (Å²) in [5.74, 6) is 0.680. The number of nitrogens with zero attached hydrogens (tertiary/aromatic N) is 1. The first-order chi connectivity index (χ1) is 16.8. The van der Waals surface area contributed by atoms with Gasteiger partial charge in [-0.3, -0.25) is 28.9 Å². The van der Waals surface area contributed by atoms with Crippen molar-refractivity contribution in [2.45, 2.75) is 52.4 Å². The smallest absolute Gasteiger partial charge is 0.308 e. The summed E-state index contributed by atoms with van der Waals surface area (Å²) in [5, 5.41) is 5.60. The first kappa shape index (κ1) is 30.6. The van der Waals surface area contributed by atoms with E-state index in [9.17, 15) is 24.0 Å². The van der Waals surface area contributed by atoms with Crippen LogP contribution in [-0.2, 0) is 33.4 Å². The van der Waals surface area contributed by atoms with Gasteiger partial charge in [0.2, 0.25) is 11.8 Å². The summed E-state index contributed by atoms with van der Waals surface area (Å²) in [5.41, 5.74) is 0. The molecule has 0 saturated heterocycles. The second kappa shape index (κ2) is 18.9. The van der Waals surface area contributed by atoms with Gasteiger partial charge in [0.1, 0.15) is 0 Å². The second-order valence-electron chi connectivity index (χ2n) is 8.32. The molecule has 0 aromatic rings. The zero-order chi connectivity index (χ0) is 25.9. The Kier molecular flexibility index (Phi) is 16.5. The third kappa shape index (κ3) is 15.3. The predicted molar refractivity (Wildman–Crippen MR) is 134 cm³/mol. The standard InChI is InChI=1S/C24H39N3O7S/c1-19(2)24(32)34-14-6-17-35-18-12-26-21(29)10-15-33-16-11-25-20(28)7-4-3-5-13-27-22(30)8-9-23(27)31/h8-9,19H,3-7,10-18H2,1-2H3,(H,25,28)(H,26,29). The van der Waals surface area contributed by atoms with Crippen LogP contribution in [0, 0.1) is 5.92 Å². The van der Waals surface area contributed by atoms with Crippen LogP contribution in [0.1, 0.15) is 52.4 Å². The van der Waals surface area contributed by atoms with Gasteiger partial charge < -0.3 is 20.1 Å². The van der Waals surface area contributed by atoms with Crippen molar-refractivity contribution in [1.82, 2.24) is 15.5 Å². The fraction of sp³-hybridized carbons (Fsp3) is 0.708. The number of nitrogens with one attached hydrogen (secondary N) is 2. The van der Waals surface area contributed by atoms with Crippen molar-refractivity contribution < 1.29 is 33.4 Å². The van der Waals surface area contributed by atoms with Crippen molar-refractivity contribution in [1.29, 1.82) is 0 Å². The molecule has 4 amide bonds. The highest BCUT2D eigenvalue weighted by Crippen LogP contribution is 2.07. The Bertz CT molecular complexity index is 710. The summed E-state index contributed by atoms with van der Waals surface area (Å²) < 4.78 is 10.5. The van der Waals surface area contributed by atoms with Crippen molar-refractivity contribution >= 4 is 41.4 Å². The minimum absolute atomic E-state index is 0.0723. The highest BCUT2D eigenvalue weighted by molar-refractivity contribution is 7.99. The van der Waals surface area contributed by atoms with Crippen molar-refractivity contribution in [3.8, 4) is 0 Å². The average Bonchev–Trinajstić information content (AvgIpc) is 3.14. The van der Waals surface area contributed by atoms with E-state index in [0.29, 0.717) is 58.7 Å². The molecular weight excluding hydrogens is 474 g/mol. The number of carbonyl (C=O) groups is 5. The van der Waals surface area contributed by atoms with Gasteiger partial charge in [0.15, 0.2) is 0 Å². The quantitative estimate of drug-likeness (QED) is 0.142. The molecule has 0 radical (unpaired) electrons. The Hall–Kier alpha value is -2.40. The Labute approximate surface area is 211 Å². The number of carbonyl (C=O) groups excluding carboxylic acids is 5. The molecule has 1 heterocycles. The lowest BCUT2D eigenvalue weighted by Crippen LogP contribution is -2.31. The zero-order valence-electron chi connectivity index (χ0n) is 20.8. The lowest BCUT2D eigenvalue weighted by atomic mass is 10.2. The van der Waals surface area contributed by atoms with Crippen LogP contribution in [0.3, 0.4) is 0 Å². The fourth-order valence-electron chi connectivity index (χ4n) is 2.96. The van der Waals surface area contributed by atoms with Crippen molar-refractivity contribution in [2.75, 3.05) is 51.0 Å². The van der Waals surface area contributed by atoms with E-state index in [-0.39, 0.29) is 41.9 Å². The Balaban J connectivity index is 1.84. The molecule has 1 aliphatic rings. The third-order valence-electron chi connectivity index (χ3n) is 4.95. The largest absolute Gasteiger partial charge is 0.465 e. The monoisotopic (exact) mass is 513 g/mol. The van der Waals surface area contributed by atoms with Gasteiger partial charge in [-0.25, -0.2) is 0 Å². The average molecular weight is 514 g/mol. The van der Waals surface area contributed by atoms with E-state index >= 15 is 0 Å². The van der Waals surface area contributed by atoms with Crippen molar-refractivity contribution in [2.24, 2.45) is 5.92 Å². The summed E-state index contributed by atoms with van der Waals surface area (Å²) in [4.78, 5) is 59.0. The number of imide groups is 1. The minimum atomic E-state index is -0.279. The van der Waals surface area contributed by atoms with Gasteiger partial charge in [0, 0.05) is 50.4 Å². The summed E-state index contributed by atoms with van der Waals surface area (Å²) in [6.07, 6.45) is 6.08.